The van der Waals surface area contributed by atoms with E-state index in [-0.39, 0.29) is 11.5 Å². The maximum Gasteiger partial charge on any atom is 0.223 e. The maximum atomic E-state index is 13.0. The van der Waals surface area contributed by atoms with Crippen molar-refractivity contribution in [2.24, 2.45) is 0 Å². The minimum absolute atomic E-state index is 0.0442. The third-order valence-corrected chi connectivity index (χ3v) is 6.15. The summed E-state index contributed by atoms with van der Waals surface area (Å²) >= 11 is 6.28. The molecule has 0 saturated heterocycles. The molecule has 192 valence electrons. The fourth-order valence-corrected chi connectivity index (χ4v) is 4.19. The molecule has 0 radical (unpaired) electrons. The zero-order valence-corrected chi connectivity index (χ0v) is 21.2. The minimum Gasteiger partial charge on any atom is -0.493 e. The Balaban J connectivity index is 1.40. The summed E-state index contributed by atoms with van der Waals surface area (Å²) in [6.07, 6.45) is 3.69. The van der Waals surface area contributed by atoms with Gasteiger partial charge in [0.15, 0.2) is 17.3 Å². The number of aromatic nitrogens is 2. The van der Waals surface area contributed by atoms with E-state index in [1.165, 1.54) is 19.5 Å². The van der Waals surface area contributed by atoms with Crippen molar-refractivity contribution in [3.8, 4) is 17.2 Å². The molecule has 0 amide bonds. The molecule has 9 nitrogen and oxygen atoms in total. The molecule has 1 aliphatic carbocycles. The molecule has 0 fully saturated rings. The van der Waals surface area contributed by atoms with Crippen LogP contribution >= 0.6 is 11.6 Å². The molecule has 1 heterocycles. The number of ether oxygens (including phenoxy) is 4. The van der Waals surface area contributed by atoms with Gasteiger partial charge >= 0.3 is 0 Å². The Hall–Kier alpha value is -4.47. The van der Waals surface area contributed by atoms with E-state index in [1.54, 1.807) is 31.4 Å². The third kappa shape index (κ3) is 5.02. The molecule has 1 N–H and O–H groups in total. The summed E-state index contributed by atoms with van der Waals surface area (Å²) in [7, 11) is 3.10. The van der Waals surface area contributed by atoms with Crippen molar-refractivity contribution in [2.45, 2.75) is 0 Å². The van der Waals surface area contributed by atoms with Crippen molar-refractivity contribution in [1.82, 2.24) is 9.97 Å². The van der Waals surface area contributed by atoms with Gasteiger partial charge in [0.1, 0.15) is 24.5 Å². The highest BCUT2D eigenvalue weighted by Gasteiger charge is 2.24. The van der Waals surface area contributed by atoms with Gasteiger partial charge in [-0.2, -0.15) is 0 Å². The number of ketones is 2. The largest absolute Gasteiger partial charge is 0.493 e. The van der Waals surface area contributed by atoms with Crippen LogP contribution in [0.4, 0.5) is 5.82 Å². The number of methoxy groups -OCH3 is 2. The number of nitrogens with one attached hydrogen (secondary N) is 1. The number of hydrogen-bond acceptors (Lipinski definition) is 9. The Kier molecular flexibility index (Phi) is 7.21. The lowest BCUT2D eigenvalue weighted by Crippen LogP contribution is -2.21. The van der Waals surface area contributed by atoms with E-state index >= 15 is 0 Å². The van der Waals surface area contributed by atoms with Crippen LogP contribution in [0, 0.1) is 0 Å². The van der Waals surface area contributed by atoms with Crippen molar-refractivity contribution in [1.29, 1.82) is 0 Å². The van der Waals surface area contributed by atoms with Crippen LogP contribution in [-0.2, 0) is 14.3 Å². The first kappa shape index (κ1) is 25.2. The lowest BCUT2D eigenvalue weighted by atomic mass is 10.1. The molecule has 0 aliphatic heterocycles. The van der Waals surface area contributed by atoms with Gasteiger partial charge in [-0.05, 0) is 18.2 Å². The second-order valence-electron chi connectivity index (χ2n) is 8.20. The molecule has 0 saturated carbocycles. The zero-order valence-electron chi connectivity index (χ0n) is 20.5. The van der Waals surface area contributed by atoms with Gasteiger partial charge in [0.05, 0.1) is 24.9 Å². The van der Waals surface area contributed by atoms with E-state index in [9.17, 15) is 9.59 Å². The number of nitrogens with zero attached hydrogens (tertiary/aromatic N) is 2. The van der Waals surface area contributed by atoms with Gasteiger partial charge in [-0.15, -0.1) is 0 Å². The van der Waals surface area contributed by atoms with Crippen LogP contribution in [0.1, 0.15) is 0 Å². The van der Waals surface area contributed by atoms with Crippen molar-refractivity contribution in [3.63, 3.8) is 0 Å². The molecule has 1 aromatic heterocycles. The number of allylic oxidation sites excluding steroid dienone is 2. The number of carbonyl (C=O) groups excluding carboxylic acids is 2. The van der Waals surface area contributed by atoms with Crippen LogP contribution in [-0.4, -0.2) is 49.0 Å². The number of fused-ring (bicyclic) bond motifs is 2. The summed E-state index contributed by atoms with van der Waals surface area (Å²) in [5, 5.41) is 5.58. The Bertz CT molecular complexity index is 1630. The van der Waals surface area contributed by atoms with E-state index in [2.05, 4.69) is 15.3 Å². The fourth-order valence-electron chi connectivity index (χ4n) is 3.96. The second-order valence-corrected chi connectivity index (χ2v) is 8.60. The first-order chi connectivity index (χ1) is 18.5. The summed E-state index contributed by atoms with van der Waals surface area (Å²) in [5.41, 5.74) is 0.600. The van der Waals surface area contributed by atoms with Crippen molar-refractivity contribution < 1.29 is 28.5 Å². The molecule has 0 unspecified atom stereocenters. The first-order valence-electron chi connectivity index (χ1n) is 11.6. The number of halogens is 1. The Morgan fingerprint density at radius 2 is 1.66 bits per heavy atom. The normalized spacial score (nSPS) is 13.3. The fraction of sp³-hybridized carbons (Fsp3) is 0.143. The highest BCUT2D eigenvalue weighted by atomic mass is 35.5. The van der Waals surface area contributed by atoms with Gasteiger partial charge in [0.2, 0.25) is 11.6 Å². The molecule has 0 atom stereocenters. The average Bonchev–Trinajstić information content (AvgIpc) is 2.93. The molecular weight excluding hydrogens is 510 g/mol. The van der Waals surface area contributed by atoms with Crippen LogP contribution in [0.5, 0.6) is 17.2 Å². The molecule has 10 heteroatoms. The highest BCUT2D eigenvalue weighted by molar-refractivity contribution is 6.35. The molecule has 38 heavy (non-hydrogen) atoms. The molecule has 5 rings (SSSR count). The smallest absolute Gasteiger partial charge is 0.223 e. The van der Waals surface area contributed by atoms with Crippen molar-refractivity contribution in [3.05, 3.63) is 83.5 Å². The third-order valence-electron chi connectivity index (χ3n) is 5.82. The standard InChI is InChI=1S/C28H22ClN3O6/c1-35-9-10-37-27-13-20-18(11-26(27)36-2)28(31-15-30-20)32-21-12-23(34)25(14-22(21)33)38-24-8-7-19(29)16-5-3-4-6-17(16)24/h3-8,11-15H,9-10H2,1-2H3,(H,30,31,32). The highest BCUT2D eigenvalue weighted by Crippen LogP contribution is 2.35. The van der Waals surface area contributed by atoms with Gasteiger partial charge in [0.25, 0.3) is 0 Å². The lowest BCUT2D eigenvalue weighted by Gasteiger charge is -2.17. The van der Waals surface area contributed by atoms with Gasteiger partial charge in [0, 0.05) is 46.5 Å². The molecule has 1 aliphatic rings. The van der Waals surface area contributed by atoms with Gasteiger partial charge in [-0.1, -0.05) is 35.9 Å². The summed E-state index contributed by atoms with van der Waals surface area (Å²) in [6.45, 7) is 0.746. The monoisotopic (exact) mass is 531 g/mol. The number of benzene rings is 3. The van der Waals surface area contributed by atoms with Crippen LogP contribution in [0.2, 0.25) is 5.02 Å². The second kappa shape index (κ2) is 10.9. The maximum absolute atomic E-state index is 13.0. The number of carbonyl (C=O) groups is 2. The summed E-state index contributed by atoms with van der Waals surface area (Å²) in [5.74, 6) is 0.666. The van der Waals surface area contributed by atoms with Gasteiger partial charge in [-0.25, -0.2) is 9.97 Å². The van der Waals surface area contributed by atoms with Gasteiger partial charge < -0.3 is 24.3 Å². The molecule has 0 bridgehead atoms. The Labute approximate surface area is 222 Å². The summed E-state index contributed by atoms with van der Waals surface area (Å²) in [6, 6.07) is 14.1. The van der Waals surface area contributed by atoms with Crippen molar-refractivity contribution in [2.75, 3.05) is 32.8 Å². The van der Waals surface area contributed by atoms with Crippen LogP contribution in [0.15, 0.2) is 78.5 Å². The zero-order chi connectivity index (χ0) is 26.6. The van der Waals surface area contributed by atoms with E-state index in [0.29, 0.717) is 52.2 Å². The van der Waals surface area contributed by atoms with Crippen LogP contribution < -0.4 is 19.5 Å². The number of anilines is 1. The van der Waals surface area contributed by atoms with E-state index in [0.717, 1.165) is 16.8 Å². The van der Waals surface area contributed by atoms with E-state index in [4.69, 9.17) is 30.5 Å². The summed E-state index contributed by atoms with van der Waals surface area (Å²) in [4.78, 5) is 34.4. The topological polar surface area (TPSA) is 109 Å². The van der Waals surface area contributed by atoms with E-state index in [1.807, 2.05) is 24.3 Å². The number of rotatable bonds is 9. The first-order valence-corrected chi connectivity index (χ1v) is 11.9. The molecule has 0 spiro atoms. The predicted molar refractivity (Wildman–Crippen MR) is 143 cm³/mol. The van der Waals surface area contributed by atoms with Crippen molar-refractivity contribution >= 4 is 50.7 Å². The molecule has 4 aromatic rings. The van der Waals surface area contributed by atoms with Crippen LogP contribution in [0.3, 0.4) is 0 Å². The Morgan fingerprint density at radius 3 is 2.45 bits per heavy atom. The Morgan fingerprint density at radius 1 is 0.842 bits per heavy atom. The average molecular weight is 532 g/mol. The van der Waals surface area contributed by atoms with Crippen LogP contribution in [0.25, 0.3) is 21.7 Å². The number of hydrogen-bond donors (Lipinski definition) is 1. The van der Waals surface area contributed by atoms with E-state index < -0.39 is 11.6 Å². The minimum atomic E-state index is -0.476. The molecule has 3 aromatic carbocycles. The predicted octanol–water partition coefficient (Wildman–Crippen LogP) is 4.88. The summed E-state index contributed by atoms with van der Waals surface area (Å²) < 4.78 is 22.1. The van der Waals surface area contributed by atoms with Gasteiger partial charge in [-0.3, -0.25) is 9.59 Å². The quantitative estimate of drug-likeness (QED) is 0.239. The molecular formula is C28H22ClN3O6. The lowest BCUT2D eigenvalue weighted by molar-refractivity contribution is -0.116. The SMILES string of the molecule is COCCOc1cc2ncnc(NC3=CC(=O)C(Oc4ccc(Cl)c5ccccc45)=CC3=O)c2cc1OC.